The highest BCUT2D eigenvalue weighted by atomic mass is 19.3. The Hall–Kier alpha value is -1.98. The summed E-state index contributed by atoms with van der Waals surface area (Å²) in [6, 6.07) is 5.56. The lowest BCUT2D eigenvalue weighted by Crippen LogP contribution is -2.21. The Balaban J connectivity index is 1.59. The van der Waals surface area contributed by atoms with Crippen LogP contribution >= 0.6 is 0 Å². The minimum Gasteiger partial charge on any atom is -0.435 e. The van der Waals surface area contributed by atoms with Crippen molar-refractivity contribution in [2.75, 3.05) is 0 Å². The highest BCUT2D eigenvalue weighted by molar-refractivity contribution is 5.96. The molecule has 0 heterocycles. The second kappa shape index (κ2) is 5.79. The van der Waals surface area contributed by atoms with E-state index < -0.39 is 6.61 Å². The lowest BCUT2D eigenvalue weighted by molar-refractivity contribution is -0.0498. The molecule has 1 N–H and O–H groups in total. The summed E-state index contributed by atoms with van der Waals surface area (Å²) in [5.74, 6) is 0.948. The molecule has 21 heavy (non-hydrogen) atoms. The maximum Gasteiger partial charge on any atom is 0.387 e. The number of hydrazone groups is 1. The van der Waals surface area contributed by atoms with Gasteiger partial charge in [0.25, 0.3) is 5.91 Å². The fourth-order valence-corrected chi connectivity index (χ4v) is 3.14. The molecule has 0 aromatic heterocycles. The normalized spacial score (nSPS) is 25.6. The first-order valence-electron chi connectivity index (χ1n) is 7.03. The predicted molar refractivity (Wildman–Crippen MR) is 73.4 cm³/mol. The first-order valence-corrected chi connectivity index (χ1v) is 7.03. The molecule has 2 aliphatic rings. The van der Waals surface area contributed by atoms with Crippen LogP contribution < -0.4 is 10.2 Å². The maximum atomic E-state index is 12.0. The van der Waals surface area contributed by atoms with Crippen LogP contribution in [0.15, 0.2) is 29.4 Å². The summed E-state index contributed by atoms with van der Waals surface area (Å²) < 4.78 is 28.3. The summed E-state index contributed by atoms with van der Waals surface area (Å²) in [5.41, 5.74) is 3.99. The third-order valence-electron chi connectivity index (χ3n) is 4.15. The van der Waals surface area contributed by atoms with E-state index in [1.54, 1.807) is 0 Å². The van der Waals surface area contributed by atoms with Gasteiger partial charge in [-0.05, 0) is 61.8 Å². The summed E-state index contributed by atoms with van der Waals surface area (Å²) in [4.78, 5) is 11.9. The molecule has 4 nitrogen and oxygen atoms in total. The number of ether oxygens (including phenoxy) is 1. The number of benzene rings is 1. The van der Waals surface area contributed by atoms with Gasteiger partial charge in [0.2, 0.25) is 0 Å². The molecule has 0 radical (unpaired) electrons. The van der Waals surface area contributed by atoms with Crippen molar-refractivity contribution in [3.63, 3.8) is 0 Å². The summed E-state index contributed by atoms with van der Waals surface area (Å²) in [7, 11) is 0. The van der Waals surface area contributed by atoms with Gasteiger partial charge in [0.15, 0.2) is 0 Å². The van der Waals surface area contributed by atoms with Crippen molar-refractivity contribution in [3.05, 3.63) is 29.8 Å². The molecular formula is C15H16F2N2O2. The molecule has 0 aliphatic heterocycles. The number of halogens is 2. The molecular weight excluding hydrogens is 278 g/mol. The zero-order valence-corrected chi connectivity index (χ0v) is 11.4. The van der Waals surface area contributed by atoms with E-state index in [1.807, 2.05) is 0 Å². The molecule has 6 heteroatoms. The topological polar surface area (TPSA) is 50.7 Å². The predicted octanol–water partition coefficient (Wildman–Crippen LogP) is 3.19. The monoisotopic (exact) mass is 294 g/mol. The number of hydrogen-bond donors (Lipinski definition) is 1. The van der Waals surface area contributed by atoms with E-state index >= 15 is 0 Å². The Labute approximate surface area is 121 Å². The number of rotatable bonds is 4. The molecule has 3 rings (SSSR count). The molecule has 1 aromatic rings. The van der Waals surface area contributed by atoms with Gasteiger partial charge >= 0.3 is 6.61 Å². The second-order valence-corrected chi connectivity index (χ2v) is 5.53. The SMILES string of the molecule is O=C(N/N=C1\C[C@@H]2CC[C@@H]1C2)c1ccc(OC(F)F)cc1. The van der Waals surface area contributed by atoms with Crippen molar-refractivity contribution in [2.45, 2.75) is 32.3 Å². The lowest BCUT2D eigenvalue weighted by Gasteiger charge is -2.11. The Morgan fingerprint density at radius 3 is 2.62 bits per heavy atom. The van der Waals surface area contributed by atoms with Crippen molar-refractivity contribution in [2.24, 2.45) is 16.9 Å². The van der Waals surface area contributed by atoms with Crippen molar-refractivity contribution < 1.29 is 18.3 Å². The van der Waals surface area contributed by atoms with E-state index in [4.69, 9.17) is 0 Å². The number of carbonyl (C=O) groups excluding carboxylic acids is 1. The van der Waals surface area contributed by atoms with E-state index in [9.17, 15) is 13.6 Å². The number of nitrogens with zero attached hydrogens (tertiary/aromatic N) is 1. The summed E-state index contributed by atoms with van der Waals surface area (Å²) in [6.45, 7) is -2.87. The smallest absolute Gasteiger partial charge is 0.387 e. The third-order valence-corrected chi connectivity index (χ3v) is 4.15. The van der Waals surface area contributed by atoms with E-state index in [1.165, 1.54) is 43.5 Å². The van der Waals surface area contributed by atoms with Crippen LogP contribution in [0.4, 0.5) is 8.78 Å². The number of alkyl halides is 2. The van der Waals surface area contributed by atoms with Crippen molar-refractivity contribution in [1.82, 2.24) is 5.43 Å². The molecule has 1 amide bonds. The van der Waals surface area contributed by atoms with Gasteiger partial charge in [-0.15, -0.1) is 0 Å². The molecule has 1 aromatic carbocycles. The maximum absolute atomic E-state index is 12.0. The first-order chi connectivity index (χ1) is 10.1. The van der Waals surface area contributed by atoms with E-state index in [0.29, 0.717) is 11.5 Å². The second-order valence-electron chi connectivity index (χ2n) is 5.53. The van der Waals surface area contributed by atoms with Gasteiger partial charge < -0.3 is 4.74 Å². The van der Waals surface area contributed by atoms with E-state index in [2.05, 4.69) is 15.3 Å². The molecule has 2 aliphatic carbocycles. The van der Waals surface area contributed by atoms with Gasteiger partial charge in [0.1, 0.15) is 5.75 Å². The van der Waals surface area contributed by atoms with Crippen molar-refractivity contribution >= 4 is 11.6 Å². The molecule has 2 bridgehead atoms. The summed E-state index contributed by atoms with van der Waals surface area (Å²) in [5, 5.41) is 4.22. The summed E-state index contributed by atoms with van der Waals surface area (Å²) >= 11 is 0. The Bertz CT molecular complexity index is 557. The van der Waals surface area contributed by atoms with Gasteiger partial charge in [0, 0.05) is 11.3 Å². The summed E-state index contributed by atoms with van der Waals surface area (Å²) in [6.07, 6.45) is 4.60. The molecule has 2 fully saturated rings. The van der Waals surface area contributed by atoms with Crippen LogP contribution in [0.3, 0.4) is 0 Å². The van der Waals surface area contributed by atoms with Crippen LogP contribution in [0.2, 0.25) is 0 Å². The van der Waals surface area contributed by atoms with Gasteiger partial charge in [0.05, 0.1) is 0 Å². The van der Waals surface area contributed by atoms with Crippen LogP contribution in [-0.2, 0) is 0 Å². The molecule has 0 saturated heterocycles. The van der Waals surface area contributed by atoms with Crippen LogP contribution in [0.1, 0.15) is 36.0 Å². The third kappa shape index (κ3) is 3.20. The Morgan fingerprint density at radius 1 is 1.29 bits per heavy atom. The average Bonchev–Trinajstić information content (AvgIpc) is 3.07. The minimum atomic E-state index is -2.87. The highest BCUT2D eigenvalue weighted by Gasteiger charge is 2.36. The number of fused-ring (bicyclic) bond motifs is 2. The molecule has 2 atom stereocenters. The largest absolute Gasteiger partial charge is 0.435 e. The number of nitrogens with one attached hydrogen (secondary N) is 1. The van der Waals surface area contributed by atoms with Crippen LogP contribution in [0.25, 0.3) is 0 Å². The quantitative estimate of drug-likeness (QED) is 0.867. The standard InChI is InChI=1S/C15H16F2N2O2/c16-15(17)21-12-5-3-10(4-6-12)14(20)19-18-13-8-9-1-2-11(13)7-9/h3-6,9,11,15H,1-2,7-8H2,(H,19,20)/b18-13+/t9-,11-/m1/s1. The number of amides is 1. The number of hydrogen-bond acceptors (Lipinski definition) is 3. The van der Waals surface area contributed by atoms with Crippen LogP contribution in [-0.4, -0.2) is 18.2 Å². The molecule has 112 valence electrons. The zero-order chi connectivity index (χ0) is 14.8. The minimum absolute atomic E-state index is 0.0287. The molecule has 0 unspecified atom stereocenters. The van der Waals surface area contributed by atoms with Crippen LogP contribution in [0, 0.1) is 11.8 Å². The fourth-order valence-electron chi connectivity index (χ4n) is 3.14. The van der Waals surface area contributed by atoms with Crippen molar-refractivity contribution in [3.8, 4) is 5.75 Å². The van der Waals surface area contributed by atoms with E-state index in [0.717, 1.165) is 18.1 Å². The van der Waals surface area contributed by atoms with Gasteiger partial charge in [-0.2, -0.15) is 13.9 Å². The Morgan fingerprint density at radius 2 is 2.05 bits per heavy atom. The van der Waals surface area contributed by atoms with Crippen LogP contribution in [0.5, 0.6) is 5.75 Å². The van der Waals surface area contributed by atoms with Gasteiger partial charge in [-0.25, -0.2) is 5.43 Å². The Kier molecular flexibility index (Phi) is 3.86. The lowest BCUT2D eigenvalue weighted by atomic mass is 9.99. The molecule has 0 spiro atoms. The number of carbonyl (C=O) groups is 1. The highest BCUT2D eigenvalue weighted by Crippen LogP contribution is 2.42. The van der Waals surface area contributed by atoms with Crippen molar-refractivity contribution in [1.29, 1.82) is 0 Å². The van der Waals surface area contributed by atoms with Gasteiger partial charge in [-0.3, -0.25) is 4.79 Å². The zero-order valence-electron chi connectivity index (χ0n) is 11.4. The average molecular weight is 294 g/mol. The molecule has 2 saturated carbocycles. The fraction of sp³-hybridized carbons (Fsp3) is 0.467. The van der Waals surface area contributed by atoms with E-state index in [-0.39, 0.29) is 11.7 Å². The first kappa shape index (κ1) is 14.0. The van der Waals surface area contributed by atoms with Gasteiger partial charge in [-0.1, -0.05) is 0 Å².